The van der Waals surface area contributed by atoms with Crippen LogP contribution in [-0.2, 0) is 0 Å². The quantitative estimate of drug-likeness (QED) is 0.109. The molecule has 9 rings (SSSR count). The third kappa shape index (κ3) is 5.98. The maximum Gasteiger partial charge on any atom is 0.338 e. The Morgan fingerprint density at radius 3 is 1.58 bits per heavy atom. The molecule has 0 fully saturated rings. The second-order valence-corrected chi connectivity index (χ2v) is 12.9. The van der Waals surface area contributed by atoms with Gasteiger partial charge in [-0.3, -0.25) is 4.79 Å². The fourth-order valence-corrected chi connectivity index (χ4v) is 5.90. The van der Waals surface area contributed by atoms with E-state index in [0.717, 1.165) is 33.4 Å². The molecule has 0 saturated heterocycles. The zero-order valence-corrected chi connectivity index (χ0v) is 27.1. The van der Waals surface area contributed by atoms with Gasteiger partial charge in [0, 0.05) is 29.5 Å². The van der Waals surface area contributed by atoms with Crippen LogP contribution in [0.1, 0.15) is 20.7 Å². The number of alkyl halides is 3. The van der Waals surface area contributed by atoms with Gasteiger partial charge in [0.1, 0.15) is 39.6 Å². The van der Waals surface area contributed by atoms with Gasteiger partial charge >= 0.3 is 5.97 Å². The Hall–Kier alpha value is -4.91. The Morgan fingerprint density at radius 1 is 0.583 bits per heavy atom. The number of H-pyrrole nitrogens is 3. The number of aromatic nitrogens is 3. The number of hydrogen-bond acceptors (Lipinski definition) is 8. The lowest BCUT2D eigenvalue weighted by atomic mass is 10.1. The molecule has 3 aromatic carbocycles. The van der Waals surface area contributed by atoms with E-state index in [-0.39, 0.29) is 11.1 Å². The summed E-state index contributed by atoms with van der Waals surface area (Å²) < 4.78 is 30.9. The summed E-state index contributed by atoms with van der Waals surface area (Å²) in [5.74, 6) is 2.33. The van der Waals surface area contributed by atoms with Crippen molar-refractivity contribution in [3.8, 4) is 34.5 Å². The van der Waals surface area contributed by atoms with Gasteiger partial charge in [-0.2, -0.15) is 0 Å². The number of ether oxygens (including phenoxy) is 6. The number of carboxylic acid groups (broad SMARTS) is 1. The van der Waals surface area contributed by atoms with Crippen LogP contribution in [0, 0.1) is 0 Å². The first kappa shape index (κ1) is 31.7. The number of aromatic carboxylic acids is 1. The molecule has 12 nitrogen and oxygen atoms in total. The summed E-state index contributed by atoms with van der Waals surface area (Å²) in [4.78, 5) is 32.2. The van der Waals surface area contributed by atoms with E-state index in [2.05, 4.69) is 15.0 Å². The van der Waals surface area contributed by atoms with Gasteiger partial charge in [-0.25, -0.2) is 4.79 Å². The number of fused-ring (bicyclic) bond motifs is 9. The molecule has 248 valence electrons. The molecule has 0 saturated carbocycles. The molecule has 48 heavy (non-hydrogen) atoms. The van der Waals surface area contributed by atoms with Crippen LogP contribution < -0.4 is 28.4 Å². The third-order valence-corrected chi connectivity index (χ3v) is 8.18. The number of halogens is 3. The number of benzene rings is 3. The monoisotopic (exact) mass is 713 g/mol. The summed E-state index contributed by atoms with van der Waals surface area (Å²) in [5.41, 5.74) is 3.03. The summed E-state index contributed by atoms with van der Waals surface area (Å²) in [6.45, 7) is 3.09. The topological polar surface area (TPSA) is 157 Å². The number of nitrogens with one attached hydrogen (secondary N) is 3. The third-order valence-electron chi connectivity index (χ3n) is 7.67. The summed E-state index contributed by atoms with van der Waals surface area (Å²) >= 11 is 17.0. The van der Waals surface area contributed by atoms with Crippen molar-refractivity contribution >= 4 is 79.3 Å². The van der Waals surface area contributed by atoms with E-state index in [1.54, 1.807) is 24.3 Å². The Morgan fingerprint density at radius 2 is 1.04 bits per heavy atom. The standard InChI is InChI=1S/C12H8Cl3NO3.C11H9NO4.C10H9NO2/c13-12(14,15)11(17)6-5-16-7-1-2-8-10(9(6)7)19-4-3-18-8;13-11(14)6-5-12-7-1-2-8-10(9(6)7)16-4-3-15-8;1-2-9-10(13-6-5-12-9)7-3-4-11-8(1)7/h1-2,5,16H,3-4H2;1-2,5,12H,3-4H2,(H,13,14);1-4,11H,5-6H2. The van der Waals surface area contributed by atoms with Crippen LogP contribution in [0.2, 0.25) is 0 Å². The number of Topliss-reactive ketones (excluding diaryl/α,β-unsaturated/α-hetero) is 1. The maximum absolute atomic E-state index is 12.1. The molecule has 0 atom stereocenters. The van der Waals surface area contributed by atoms with E-state index >= 15 is 0 Å². The van der Waals surface area contributed by atoms with Crippen molar-refractivity contribution < 1.29 is 43.1 Å². The lowest BCUT2D eigenvalue weighted by Crippen LogP contribution is -2.19. The number of hydrogen-bond donors (Lipinski definition) is 4. The van der Waals surface area contributed by atoms with Gasteiger partial charge in [0.15, 0.2) is 34.5 Å². The van der Waals surface area contributed by atoms with Gasteiger partial charge in [-0.1, -0.05) is 34.8 Å². The average molecular weight is 715 g/mol. The second-order valence-electron chi connectivity index (χ2n) is 10.6. The largest absolute Gasteiger partial charge is 0.486 e. The summed E-state index contributed by atoms with van der Waals surface area (Å²) in [5, 5.41) is 11.3. The van der Waals surface area contributed by atoms with Crippen LogP contribution in [0.4, 0.5) is 0 Å². The van der Waals surface area contributed by atoms with Crippen LogP contribution in [0.15, 0.2) is 61.1 Å². The lowest BCUT2D eigenvalue weighted by Gasteiger charge is -2.19. The predicted molar refractivity (Wildman–Crippen MR) is 179 cm³/mol. The first-order chi connectivity index (χ1) is 23.2. The maximum atomic E-state index is 12.1. The lowest BCUT2D eigenvalue weighted by molar-refractivity contribution is 0.0698. The minimum absolute atomic E-state index is 0.206. The zero-order valence-electron chi connectivity index (χ0n) is 24.9. The molecule has 3 aliphatic heterocycles. The van der Waals surface area contributed by atoms with E-state index < -0.39 is 15.5 Å². The molecule has 4 N–H and O–H groups in total. The van der Waals surface area contributed by atoms with Gasteiger partial charge in [0.25, 0.3) is 3.79 Å². The number of carbonyl (C=O) groups is 2. The highest BCUT2D eigenvalue weighted by atomic mass is 35.6. The molecule has 6 aromatic rings. The molecule has 0 amide bonds. The van der Waals surface area contributed by atoms with Crippen molar-refractivity contribution in [2.75, 3.05) is 39.6 Å². The molecule has 3 aliphatic rings. The normalized spacial score (nSPS) is 14.5. The van der Waals surface area contributed by atoms with Gasteiger partial charge in [0.2, 0.25) is 5.78 Å². The number of carbonyl (C=O) groups excluding carboxylic acids is 1. The predicted octanol–water partition coefficient (Wildman–Crippen LogP) is 7.07. The van der Waals surface area contributed by atoms with E-state index in [1.165, 1.54) is 12.4 Å². The number of ketones is 1. The van der Waals surface area contributed by atoms with Gasteiger partial charge < -0.3 is 48.5 Å². The first-order valence-electron chi connectivity index (χ1n) is 14.7. The SMILES string of the molecule is O=C(O)c1c[nH]c2ccc3c(c12)OCCO3.O=C(c1c[nH]c2ccc3c(c12)OCCO3)C(Cl)(Cl)Cl.c1cc2c3c(ccc2[nH]1)OCCO3. The van der Waals surface area contributed by atoms with E-state index in [1.807, 2.05) is 24.4 Å². The van der Waals surface area contributed by atoms with Gasteiger partial charge in [-0.05, 0) is 42.5 Å². The summed E-state index contributed by atoms with van der Waals surface area (Å²) in [7, 11) is 0. The van der Waals surface area contributed by atoms with Crippen LogP contribution in [0.5, 0.6) is 34.5 Å². The van der Waals surface area contributed by atoms with Crippen molar-refractivity contribution in [2.24, 2.45) is 0 Å². The van der Waals surface area contributed by atoms with Crippen LogP contribution in [0.25, 0.3) is 32.7 Å². The first-order valence-corrected chi connectivity index (χ1v) is 15.8. The fraction of sp³-hybridized carbons (Fsp3) is 0.212. The van der Waals surface area contributed by atoms with E-state index in [4.69, 9.17) is 68.3 Å². The Balaban J connectivity index is 0.000000116. The minimum atomic E-state index is -2.01. The van der Waals surface area contributed by atoms with Crippen molar-refractivity contribution in [3.63, 3.8) is 0 Å². The van der Waals surface area contributed by atoms with Crippen LogP contribution >= 0.6 is 34.8 Å². The van der Waals surface area contributed by atoms with Gasteiger partial charge in [-0.15, -0.1) is 0 Å². The Bertz CT molecular complexity index is 2170. The zero-order chi connectivity index (χ0) is 33.4. The molecule has 6 heterocycles. The van der Waals surface area contributed by atoms with E-state index in [9.17, 15) is 9.59 Å². The smallest absolute Gasteiger partial charge is 0.338 e. The van der Waals surface area contributed by atoms with Crippen LogP contribution in [-0.4, -0.2) is 75.2 Å². The van der Waals surface area contributed by atoms with E-state index in [0.29, 0.717) is 73.4 Å². The Labute approximate surface area is 286 Å². The molecule has 3 aromatic heterocycles. The molecule has 0 bridgehead atoms. The minimum Gasteiger partial charge on any atom is -0.486 e. The number of carboxylic acids is 1. The van der Waals surface area contributed by atoms with Gasteiger partial charge in [0.05, 0.1) is 32.9 Å². The summed E-state index contributed by atoms with van der Waals surface area (Å²) in [6.07, 6.45) is 4.88. The summed E-state index contributed by atoms with van der Waals surface area (Å²) in [6, 6.07) is 13.1. The highest BCUT2D eigenvalue weighted by molar-refractivity contribution is 6.77. The molecule has 0 radical (unpaired) electrons. The number of rotatable bonds is 2. The molecular formula is C33H26Cl3N3O9. The average Bonchev–Trinajstić information content (AvgIpc) is 3.87. The molecule has 0 unspecified atom stereocenters. The molecule has 0 spiro atoms. The van der Waals surface area contributed by atoms with Crippen LogP contribution in [0.3, 0.4) is 0 Å². The second kappa shape index (κ2) is 12.9. The Kier molecular flexibility index (Phi) is 8.54. The molecule has 0 aliphatic carbocycles. The van der Waals surface area contributed by atoms with Crippen molar-refractivity contribution in [1.82, 2.24) is 15.0 Å². The highest BCUT2D eigenvalue weighted by Crippen LogP contribution is 2.42. The number of aromatic amines is 3. The molecular weight excluding hydrogens is 689 g/mol. The van der Waals surface area contributed by atoms with Crippen molar-refractivity contribution in [3.05, 3.63) is 72.2 Å². The molecule has 15 heteroatoms. The fourth-order valence-electron chi connectivity index (χ4n) is 5.60. The van der Waals surface area contributed by atoms with Crippen molar-refractivity contribution in [2.45, 2.75) is 3.79 Å². The highest BCUT2D eigenvalue weighted by Gasteiger charge is 2.35. The van der Waals surface area contributed by atoms with Crippen molar-refractivity contribution in [1.29, 1.82) is 0 Å².